The molecule has 7 nitrogen and oxygen atoms in total. The molecule has 0 radical (unpaired) electrons. The molecular weight excluding hydrogens is 427 g/mol. The number of benzene rings is 2. The van der Waals surface area contributed by atoms with Gasteiger partial charge in [-0.1, -0.05) is 23.2 Å². The van der Waals surface area contributed by atoms with Gasteiger partial charge in [0.15, 0.2) is 6.61 Å². The minimum Gasteiger partial charge on any atom is -0.452 e. The molecule has 0 aliphatic carbocycles. The summed E-state index contributed by atoms with van der Waals surface area (Å²) in [4.78, 5) is 24.0. The van der Waals surface area contributed by atoms with Crippen LogP contribution in [0.5, 0.6) is 0 Å². The molecule has 2 N–H and O–H groups in total. The van der Waals surface area contributed by atoms with E-state index in [4.69, 9.17) is 27.9 Å². The topological polar surface area (TPSA) is 102 Å². The highest BCUT2D eigenvalue weighted by molar-refractivity contribution is 7.89. The first kappa shape index (κ1) is 22.2. The van der Waals surface area contributed by atoms with Gasteiger partial charge < -0.3 is 10.1 Å². The van der Waals surface area contributed by atoms with Crippen LogP contribution in [0.1, 0.15) is 24.2 Å². The Labute approximate surface area is 173 Å². The van der Waals surface area contributed by atoms with E-state index in [0.717, 1.165) is 0 Å². The lowest BCUT2D eigenvalue weighted by Crippen LogP contribution is -2.30. The summed E-state index contributed by atoms with van der Waals surface area (Å²) in [5.41, 5.74) is 0.402. The number of nitrogens with one attached hydrogen (secondary N) is 2. The Bertz CT molecular complexity index is 976. The van der Waals surface area contributed by atoms with Gasteiger partial charge in [-0.05, 0) is 56.3 Å². The smallest absolute Gasteiger partial charge is 0.338 e. The quantitative estimate of drug-likeness (QED) is 0.636. The Morgan fingerprint density at radius 1 is 1.07 bits per heavy atom. The summed E-state index contributed by atoms with van der Waals surface area (Å²) in [5.74, 6) is -1.37. The molecule has 2 aromatic rings. The van der Waals surface area contributed by atoms with Crippen molar-refractivity contribution in [3.05, 3.63) is 58.1 Å². The number of carbonyl (C=O) groups excluding carboxylic acids is 2. The van der Waals surface area contributed by atoms with Crippen LogP contribution in [-0.2, 0) is 19.6 Å². The molecule has 0 atom stereocenters. The molecule has 150 valence electrons. The van der Waals surface area contributed by atoms with Gasteiger partial charge in [0.25, 0.3) is 5.91 Å². The van der Waals surface area contributed by atoms with Gasteiger partial charge in [0.05, 0.1) is 21.2 Å². The van der Waals surface area contributed by atoms with Crippen molar-refractivity contribution >= 4 is 50.8 Å². The number of rotatable bonds is 7. The number of amides is 1. The van der Waals surface area contributed by atoms with Crippen molar-refractivity contribution in [1.82, 2.24) is 4.72 Å². The summed E-state index contributed by atoms with van der Waals surface area (Å²) >= 11 is 11.8. The van der Waals surface area contributed by atoms with Crippen molar-refractivity contribution in [2.75, 3.05) is 11.9 Å². The van der Waals surface area contributed by atoms with Crippen molar-refractivity contribution in [2.24, 2.45) is 0 Å². The molecule has 0 saturated heterocycles. The van der Waals surface area contributed by atoms with Gasteiger partial charge in [-0.15, -0.1) is 0 Å². The highest BCUT2D eigenvalue weighted by atomic mass is 35.5. The summed E-state index contributed by atoms with van der Waals surface area (Å²) in [7, 11) is -3.66. The van der Waals surface area contributed by atoms with Crippen LogP contribution in [0, 0.1) is 0 Å². The van der Waals surface area contributed by atoms with Gasteiger partial charge in [-0.3, -0.25) is 4.79 Å². The lowest BCUT2D eigenvalue weighted by atomic mass is 10.2. The molecule has 0 aromatic heterocycles. The molecule has 0 spiro atoms. The SMILES string of the molecule is CC(C)NS(=O)(=O)c1ccc(C(=O)OCC(=O)Nc2cc(Cl)ccc2Cl)cc1. The first-order valence-corrected chi connectivity index (χ1v) is 10.4. The molecule has 1 amide bonds. The van der Waals surface area contributed by atoms with E-state index in [9.17, 15) is 18.0 Å². The predicted octanol–water partition coefficient (Wildman–Crippen LogP) is 3.48. The molecule has 0 saturated carbocycles. The van der Waals surface area contributed by atoms with Crippen LogP contribution in [-0.4, -0.2) is 32.9 Å². The molecule has 2 aromatic carbocycles. The summed E-state index contributed by atoms with van der Waals surface area (Å²) in [6, 6.07) is 9.48. The summed E-state index contributed by atoms with van der Waals surface area (Å²) in [5, 5.41) is 3.16. The van der Waals surface area contributed by atoms with Gasteiger partial charge in [0, 0.05) is 11.1 Å². The van der Waals surface area contributed by atoms with Crippen molar-refractivity contribution in [2.45, 2.75) is 24.8 Å². The fourth-order valence-corrected chi connectivity index (χ4v) is 3.73. The zero-order valence-corrected chi connectivity index (χ0v) is 17.4. The number of sulfonamides is 1. The van der Waals surface area contributed by atoms with E-state index >= 15 is 0 Å². The largest absolute Gasteiger partial charge is 0.452 e. The normalized spacial score (nSPS) is 11.3. The molecular formula is C18H18Cl2N2O5S. The number of halogens is 2. The van der Waals surface area contributed by atoms with E-state index < -0.39 is 28.5 Å². The minimum atomic E-state index is -3.66. The maximum atomic E-state index is 12.1. The number of hydrogen-bond acceptors (Lipinski definition) is 5. The van der Waals surface area contributed by atoms with Crippen LogP contribution < -0.4 is 10.0 Å². The molecule has 0 fully saturated rings. The molecule has 0 heterocycles. The second-order valence-electron chi connectivity index (χ2n) is 6.05. The fraction of sp³-hybridized carbons (Fsp3) is 0.222. The van der Waals surface area contributed by atoms with E-state index in [1.807, 2.05) is 0 Å². The monoisotopic (exact) mass is 444 g/mol. The summed E-state index contributed by atoms with van der Waals surface area (Å²) in [6.07, 6.45) is 0. The number of carbonyl (C=O) groups is 2. The zero-order valence-electron chi connectivity index (χ0n) is 15.0. The van der Waals surface area contributed by atoms with E-state index in [1.54, 1.807) is 19.9 Å². The van der Waals surface area contributed by atoms with Gasteiger partial charge in [0.1, 0.15) is 0 Å². The molecule has 0 unspecified atom stereocenters. The first-order valence-electron chi connectivity index (χ1n) is 8.13. The maximum Gasteiger partial charge on any atom is 0.338 e. The summed E-state index contributed by atoms with van der Waals surface area (Å²) in [6.45, 7) is 2.85. The molecule has 0 aliphatic rings. The van der Waals surface area contributed by atoms with Crippen LogP contribution in [0.4, 0.5) is 5.69 Å². The first-order chi connectivity index (χ1) is 13.1. The second-order valence-corrected chi connectivity index (χ2v) is 8.61. The average Bonchev–Trinajstić information content (AvgIpc) is 2.62. The number of anilines is 1. The highest BCUT2D eigenvalue weighted by Crippen LogP contribution is 2.25. The Morgan fingerprint density at radius 3 is 2.32 bits per heavy atom. The predicted molar refractivity (Wildman–Crippen MR) is 107 cm³/mol. The molecule has 0 bridgehead atoms. The molecule has 0 aliphatic heterocycles. The molecule has 2 rings (SSSR count). The molecule has 28 heavy (non-hydrogen) atoms. The zero-order chi connectivity index (χ0) is 20.9. The van der Waals surface area contributed by atoms with Gasteiger partial charge in [-0.25, -0.2) is 17.9 Å². The van der Waals surface area contributed by atoms with Crippen molar-refractivity contribution in [3.63, 3.8) is 0 Å². The van der Waals surface area contributed by atoms with Crippen molar-refractivity contribution in [1.29, 1.82) is 0 Å². The van der Waals surface area contributed by atoms with E-state index in [-0.39, 0.29) is 21.5 Å². The highest BCUT2D eigenvalue weighted by Gasteiger charge is 2.17. The van der Waals surface area contributed by atoms with Crippen LogP contribution in [0.25, 0.3) is 0 Å². The average molecular weight is 445 g/mol. The number of hydrogen-bond donors (Lipinski definition) is 2. The number of esters is 1. The third kappa shape index (κ3) is 6.20. The third-order valence-corrected chi connectivity index (χ3v) is 5.57. The number of ether oxygens (including phenoxy) is 1. The maximum absolute atomic E-state index is 12.1. The van der Waals surface area contributed by atoms with Crippen molar-refractivity contribution < 1.29 is 22.7 Å². The van der Waals surface area contributed by atoms with E-state index in [1.165, 1.54) is 36.4 Å². The Balaban J connectivity index is 1.96. The van der Waals surface area contributed by atoms with E-state index in [0.29, 0.717) is 10.7 Å². The van der Waals surface area contributed by atoms with Crippen LogP contribution in [0.15, 0.2) is 47.4 Å². The Morgan fingerprint density at radius 2 is 1.71 bits per heavy atom. The van der Waals surface area contributed by atoms with E-state index in [2.05, 4.69) is 10.0 Å². The lowest BCUT2D eigenvalue weighted by Gasteiger charge is -2.10. The van der Waals surface area contributed by atoms with Crippen LogP contribution in [0.2, 0.25) is 10.0 Å². The molecule has 10 heteroatoms. The van der Waals surface area contributed by atoms with Crippen LogP contribution in [0.3, 0.4) is 0 Å². The van der Waals surface area contributed by atoms with Crippen molar-refractivity contribution in [3.8, 4) is 0 Å². The minimum absolute atomic E-state index is 0.0195. The standard InChI is InChI=1S/C18H18Cl2N2O5S/c1-11(2)22-28(25,26)14-6-3-12(4-7-14)18(24)27-10-17(23)21-16-9-13(19)5-8-15(16)20/h3-9,11,22H,10H2,1-2H3,(H,21,23). The Hall–Kier alpha value is -2.13. The third-order valence-electron chi connectivity index (χ3n) is 3.33. The van der Waals surface area contributed by atoms with Crippen LogP contribution >= 0.6 is 23.2 Å². The van der Waals surface area contributed by atoms with Gasteiger partial charge >= 0.3 is 5.97 Å². The van der Waals surface area contributed by atoms with Gasteiger partial charge in [-0.2, -0.15) is 0 Å². The summed E-state index contributed by atoms with van der Waals surface area (Å²) < 4.78 is 31.5. The second kappa shape index (κ2) is 9.38. The fourth-order valence-electron chi connectivity index (χ4n) is 2.14. The lowest BCUT2D eigenvalue weighted by molar-refractivity contribution is -0.119. The Kier molecular flexibility index (Phi) is 7.42. The van der Waals surface area contributed by atoms with Gasteiger partial charge in [0.2, 0.25) is 10.0 Å².